The smallest absolute Gasteiger partial charge is 0.237 e. The molecule has 136 valence electrons. The first-order valence-electron chi connectivity index (χ1n) is 8.91. The standard InChI is InChI=1S/C19H31N3O.ClH/c1-16(22-14-10-18(11-15-22)8-12-20-2)19(23)21-13-9-17-6-4-3-5-7-17;/h3-7,16,18,20H,8-15H2,1-2H3,(H,21,23);1H. The SMILES string of the molecule is CNCCC1CCN(C(C)C(=O)NCCc2ccccc2)CC1.Cl. The van der Waals surface area contributed by atoms with Gasteiger partial charge in [0, 0.05) is 6.54 Å². The normalized spacial score (nSPS) is 17.1. The second-order valence-electron chi connectivity index (χ2n) is 6.57. The van der Waals surface area contributed by atoms with Crippen molar-refractivity contribution < 1.29 is 4.79 Å². The quantitative estimate of drug-likeness (QED) is 0.754. The lowest BCUT2D eigenvalue weighted by Gasteiger charge is -2.35. The highest BCUT2D eigenvalue weighted by atomic mass is 35.5. The van der Waals surface area contributed by atoms with Crippen LogP contribution in [0.3, 0.4) is 0 Å². The minimum absolute atomic E-state index is 0. The number of carbonyl (C=O) groups excluding carboxylic acids is 1. The van der Waals surface area contributed by atoms with Gasteiger partial charge in [-0.3, -0.25) is 9.69 Å². The Hall–Kier alpha value is -1.10. The lowest BCUT2D eigenvalue weighted by Crippen LogP contribution is -2.48. The maximum Gasteiger partial charge on any atom is 0.237 e. The van der Waals surface area contributed by atoms with E-state index in [-0.39, 0.29) is 24.4 Å². The van der Waals surface area contributed by atoms with Crippen LogP contribution in [0.2, 0.25) is 0 Å². The van der Waals surface area contributed by atoms with Gasteiger partial charge in [0.2, 0.25) is 5.91 Å². The summed E-state index contributed by atoms with van der Waals surface area (Å²) in [6.45, 7) is 5.93. The van der Waals surface area contributed by atoms with Crippen molar-refractivity contribution in [1.29, 1.82) is 0 Å². The summed E-state index contributed by atoms with van der Waals surface area (Å²) in [5, 5.41) is 6.31. The van der Waals surface area contributed by atoms with Gasteiger partial charge in [0.05, 0.1) is 6.04 Å². The van der Waals surface area contributed by atoms with E-state index in [1.165, 1.54) is 24.8 Å². The molecule has 0 aromatic heterocycles. The molecule has 0 radical (unpaired) electrons. The molecule has 1 aliphatic rings. The Morgan fingerprint density at radius 1 is 1.21 bits per heavy atom. The van der Waals surface area contributed by atoms with Crippen molar-refractivity contribution in [2.45, 2.75) is 38.6 Å². The zero-order valence-electron chi connectivity index (χ0n) is 15.0. The zero-order chi connectivity index (χ0) is 16.5. The molecule has 5 heteroatoms. The maximum atomic E-state index is 12.3. The molecule has 0 saturated carbocycles. The van der Waals surface area contributed by atoms with Crippen LogP contribution >= 0.6 is 12.4 Å². The number of benzene rings is 1. The molecule has 0 bridgehead atoms. The van der Waals surface area contributed by atoms with Gasteiger partial charge in [0.1, 0.15) is 0 Å². The third kappa shape index (κ3) is 6.80. The lowest BCUT2D eigenvalue weighted by atomic mass is 9.93. The van der Waals surface area contributed by atoms with E-state index in [0.717, 1.165) is 32.0 Å². The molecule has 1 heterocycles. The summed E-state index contributed by atoms with van der Waals surface area (Å²) in [6, 6.07) is 10.3. The fourth-order valence-corrected chi connectivity index (χ4v) is 3.27. The highest BCUT2D eigenvalue weighted by Crippen LogP contribution is 2.21. The summed E-state index contributed by atoms with van der Waals surface area (Å²) in [4.78, 5) is 14.7. The number of likely N-dealkylation sites (tertiary alicyclic amines) is 1. The maximum absolute atomic E-state index is 12.3. The molecular weight excluding hydrogens is 322 g/mol. The number of halogens is 1. The second kappa shape index (κ2) is 11.5. The first kappa shape index (κ1) is 20.9. The number of carbonyl (C=O) groups is 1. The van der Waals surface area contributed by atoms with E-state index in [1.54, 1.807) is 0 Å². The van der Waals surface area contributed by atoms with Gasteiger partial charge in [-0.25, -0.2) is 0 Å². The fourth-order valence-electron chi connectivity index (χ4n) is 3.27. The minimum Gasteiger partial charge on any atom is -0.354 e. The van der Waals surface area contributed by atoms with Crippen LogP contribution in [-0.4, -0.2) is 50.1 Å². The van der Waals surface area contributed by atoms with Gasteiger partial charge >= 0.3 is 0 Å². The van der Waals surface area contributed by atoms with E-state index in [1.807, 2.05) is 32.2 Å². The molecule has 1 amide bonds. The van der Waals surface area contributed by atoms with Gasteiger partial charge in [-0.05, 0) is 70.8 Å². The highest BCUT2D eigenvalue weighted by molar-refractivity contribution is 5.85. The minimum atomic E-state index is -0.0176. The van der Waals surface area contributed by atoms with Crippen LogP contribution in [0.1, 0.15) is 31.7 Å². The average Bonchev–Trinajstić information content (AvgIpc) is 2.60. The molecule has 1 saturated heterocycles. The Bertz CT molecular complexity index is 461. The summed E-state index contributed by atoms with van der Waals surface area (Å²) >= 11 is 0. The Morgan fingerprint density at radius 2 is 1.88 bits per heavy atom. The van der Waals surface area contributed by atoms with E-state index >= 15 is 0 Å². The highest BCUT2D eigenvalue weighted by Gasteiger charge is 2.26. The van der Waals surface area contributed by atoms with Gasteiger partial charge in [-0.15, -0.1) is 12.4 Å². The molecule has 1 aromatic carbocycles. The van der Waals surface area contributed by atoms with E-state index in [0.29, 0.717) is 6.54 Å². The number of hydrogen-bond donors (Lipinski definition) is 2. The Labute approximate surface area is 152 Å². The molecule has 1 unspecified atom stereocenters. The largest absolute Gasteiger partial charge is 0.354 e. The summed E-state index contributed by atoms with van der Waals surface area (Å²) < 4.78 is 0. The molecule has 0 spiro atoms. The number of hydrogen-bond acceptors (Lipinski definition) is 3. The van der Waals surface area contributed by atoms with Crippen LogP contribution in [0.4, 0.5) is 0 Å². The van der Waals surface area contributed by atoms with Crippen molar-refractivity contribution in [3.8, 4) is 0 Å². The zero-order valence-corrected chi connectivity index (χ0v) is 15.8. The third-order valence-corrected chi connectivity index (χ3v) is 4.93. The fraction of sp³-hybridized carbons (Fsp3) is 0.632. The third-order valence-electron chi connectivity index (χ3n) is 4.93. The molecule has 1 fully saturated rings. The summed E-state index contributed by atoms with van der Waals surface area (Å²) in [6.07, 6.45) is 4.57. The summed E-state index contributed by atoms with van der Waals surface area (Å²) in [7, 11) is 2.01. The van der Waals surface area contributed by atoms with Crippen molar-refractivity contribution in [2.75, 3.05) is 33.2 Å². The summed E-state index contributed by atoms with van der Waals surface area (Å²) in [5.74, 6) is 0.974. The van der Waals surface area contributed by atoms with Crippen LogP contribution in [0, 0.1) is 5.92 Å². The first-order valence-corrected chi connectivity index (χ1v) is 8.91. The molecule has 24 heavy (non-hydrogen) atoms. The van der Waals surface area contributed by atoms with Crippen LogP contribution in [0.5, 0.6) is 0 Å². The Kier molecular flexibility index (Phi) is 9.99. The summed E-state index contributed by atoms with van der Waals surface area (Å²) in [5.41, 5.74) is 1.27. The van der Waals surface area contributed by atoms with Gasteiger partial charge in [-0.2, -0.15) is 0 Å². The molecule has 1 aliphatic heterocycles. The van der Waals surface area contributed by atoms with E-state index in [2.05, 4.69) is 27.7 Å². The monoisotopic (exact) mass is 353 g/mol. The van der Waals surface area contributed by atoms with Gasteiger partial charge in [0.15, 0.2) is 0 Å². The van der Waals surface area contributed by atoms with Gasteiger partial charge in [-0.1, -0.05) is 30.3 Å². The molecular formula is C19H32ClN3O. The number of nitrogens with zero attached hydrogens (tertiary/aromatic N) is 1. The lowest BCUT2D eigenvalue weighted by molar-refractivity contribution is -0.126. The van der Waals surface area contributed by atoms with Crippen molar-refractivity contribution in [1.82, 2.24) is 15.5 Å². The van der Waals surface area contributed by atoms with Crippen molar-refractivity contribution in [3.63, 3.8) is 0 Å². The van der Waals surface area contributed by atoms with Crippen LogP contribution < -0.4 is 10.6 Å². The van der Waals surface area contributed by atoms with Gasteiger partial charge < -0.3 is 10.6 Å². The average molecular weight is 354 g/mol. The van der Waals surface area contributed by atoms with Crippen LogP contribution in [-0.2, 0) is 11.2 Å². The first-order chi connectivity index (χ1) is 11.2. The molecule has 2 rings (SSSR count). The molecule has 4 nitrogen and oxygen atoms in total. The number of nitrogens with one attached hydrogen (secondary N) is 2. The predicted molar refractivity (Wildman–Crippen MR) is 103 cm³/mol. The van der Waals surface area contributed by atoms with Crippen molar-refractivity contribution in [2.24, 2.45) is 5.92 Å². The van der Waals surface area contributed by atoms with E-state index < -0.39 is 0 Å². The number of piperidine rings is 1. The van der Waals surface area contributed by atoms with Gasteiger partial charge in [0.25, 0.3) is 0 Å². The van der Waals surface area contributed by atoms with E-state index in [4.69, 9.17) is 0 Å². The molecule has 0 aliphatic carbocycles. The van der Waals surface area contributed by atoms with Crippen LogP contribution in [0.25, 0.3) is 0 Å². The number of rotatable bonds is 8. The van der Waals surface area contributed by atoms with Crippen molar-refractivity contribution >= 4 is 18.3 Å². The topological polar surface area (TPSA) is 44.4 Å². The second-order valence-corrected chi connectivity index (χ2v) is 6.57. The number of amides is 1. The Morgan fingerprint density at radius 3 is 2.50 bits per heavy atom. The molecule has 1 aromatic rings. The molecule has 2 N–H and O–H groups in total. The van der Waals surface area contributed by atoms with E-state index in [9.17, 15) is 4.79 Å². The predicted octanol–water partition coefficient (Wildman–Crippen LogP) is 2.48. The van der Waals surface area contributed by atoms with Crippen LogP contribution in [0.15, 0.2) is 30.3 Å². The molecule has 1 atom stereocenters. The van der Waals surface area contributed by atoms with Crippen molar-refractivity contribution in [3.05, 3.63) is 35.9 Å². The Balaban J connectivity index is 0.00000288.